The van der Waals surface area contributed by atoms with Crippen LogP contribution in [0.4, 0.5) is 4.79 Å². The van der Waals surface area contributed by atoms with Crippen molar-refractivity contribution in [2.24, 2.45) is 0 Å². The molecule has 0 bridgehead atoms. The number of amides is 2. The maximum Gasteiger partial charge on any atom is 0.315 e. The molecule has 0 radical (unpaired) electrons. The van der Waals surface area contributed by atoms with Crippen molar-refractivity contribution in [1.29, 1.82) is 0 Å². The number of urea groups is 1. The molecule has 2 amide bonds. The SMILES string of the molecule is CCN(CC)CCCNC(=O)N[C@H]1COc2ccc(OC)cc2C1. The van der Waals surface area contributed by atoms with E-state index in [2.05, 4.69) is 29.4 Å². The lowest BCUT2D eigenvalue weighted by molar-refractivity contribution is 0.213. The predicted molar refractivity (Wildman–Crippen MR) is 94.9 cm³/mol. The van der Waals surface area contributed by atoms with Crippen LogP contribution in [0.15, 0.2) is 18.2 Å². The van der Waals surface area contributed by atoms with E-state index < -0.39 is 0 Å². The summed E-state index contributed by atoms with van der Waals surface area (Å²) in [5.74, 6) is 1.67. The number of hydrogen-bond donors (Lipinski definition) is 2. The van der Waals surface area contributed by atoms with Gasteiger partial charge in [-0.25, -0.2) is 4.79 Å². The molecule has 1 heterocycles. The first-order valence-electron chi connectivity index (χ1n) is 8.72. The van der Waals surface area contributed by atoms with E-state index in [4.69, 9.17) is 9.47 Å². The summed E-state index contributed by atoms with van der Waals surface area (Å²) in [6, 6.07) is 5.61. The number of methoxy groups -OCH3 is 1. The lowest BCUT2D eigenvalue weighted by Crippen LogP contribution is -2.47. The van der Waals surface area contributed by atoms with E-state index in [0.717, 1.165) is 49.5 Å². The van der Waals surface area contributed by atoms with Gasteiger partial charge in [0.2, 0.25) is 0 Å². The van der Waals surface area contributed by atoms with Crippen LogP contribution in [0.2, 0.25) is 0 Å². The summed E-state index contributed by atoms with van der Waals surface area (Å²) in [7, 11) is 1.65. The van der Waals surface area contributed by atoms with Crippen molar-refractivity contribution in [1.82, 2.24) is 15.5 Å². The zero-order valence-corrected chi connectivity index (χ0v) is 14.9. The van der Waals surface area contributed by atoms with Crippen LogP contribution in [0.25, 0.3) is 0 Å². The average molecular weight is 335 g/mol. The lowest BCUT2D eigenvalue weighted by Gasteiger charge is -2.26. The Labute approximate surface area is 144 Å². The largest absolute Gasteiger partial charge is 0.497 e. The Morgan fingerprint density at radius 1 is 1.38 bits per heavy atom. The molecule has 6 nitrogen and oxygen atoms in total. The van der Waals surface area contributed by atoms with Crippen molar-refractivity contribution in [3.63, 3.8) is 0 Å². The predicted octanol–water partition coefficient (Wildman–Crippen LogP) is 2.03. The molecular formula is C18H29N3O3. The molecule has 0 fully saturated rings. The minimum atomic E-state index is -0.130. The number of fused-ring (bicyclic) bond motifs is 1. The highest BCUT2D eigenvalue weighted by molar-refractivity contribution is 5.74. The molecule has 0 spiro atoms. The van der Waals surface area contributed by atoms with Crippen LogP contribution in [0.1, 0.15) is 25.8 Å². The third kappa shape index (κ3) is 5.30. The highest BCUT2D eigenvalue weighted by Gasteiger charge is 2.21. The third-order valence-corrected chi connectivity index (χ3v) is 4.34. The van der Waals surface area contributed by atoms with Gasteiger partial charge in [-0.3, -0.25) is 0 Å². The Kier molecular flexibility index (Phi) is 7.18. The van der Waals surface area contributed by atoms with Crippen molar-refractivity contribution in [2.75, 3.05) is 39.9 Å². The van der Waals surface area contributed by atoms with Gasteiger partial charge < -0.3 is 25.0 Å². The normalized spacial score (nSPS) is 16.2. The Morgan fingerprint density at radius 3 is 2.88 bits per heavy atom. The highest BCUT2D eigenvalue weighted by atomic mass is 16.5. The van der Waals surface area contributed by atoms with Gasteiger partial charge >= 0.3 is 6.03 Å². The molecule has 1 aliphatic rings. The van der Waals surface area contributed by atoms with E-state index in [1.165, 1.54) is 0 Å². The number of benzene rings is 1. The molecule has 0 aromatic heterocycles. The van der Waals surface area contributed by atoms with Crippen LogP contribution in [0.5, 0.6) is 11.5 Å². The summed E-state index contributed by atoms with van der Waals surface area (Å²) in [4.78, 5) is 14.4. The van der Waals surface area contributed by atoms with E-state index in [9.17, 15) is 4.79 Å². The van der Waals surface area contributed by atoms with Gasteiger partial charge in [-0.15, -0.1) is 0 Å². The van der Waals surface area contributed by atoms with Gasteiger partial charge in [-0.2, -0.15) is 0 Å². The summed E-state index contributed by atoms with van der Waals surface area (Å²) in [5, 5.41) is 5.91. The summed E-state index contributed by atoms with van der Waals surface area (Å²) in [5.41, 5.74) is 1.06. The van der Waals surface area contributed by atoms with Crippen molar-refractivity contribution < 1.29 is 14.3 Å². The minimum absolute atomic E-state index is 0.0209. The van der Waals surface area contributed by atoms with Crippen LogP contribution >= 0.6 is 0 Å². The van der Waals surface area contributed by atoms with Gasteiger partial charge in [0, 0.05) is 6.54 Å². The van der Waals surface area contributed by atoms with Gasteiger partial charge in [0.15, 0.2) is 0 Å². The third-order valence-electron chi connectivity index (χ3n) is 4.34. The maximum absolute atomic E-state index is 12.0. The van der Waals surface area contributed by atoms with E-state index in [1.807, 2.05) is 18.2 Å². The molecule has 24 heavy (non-hydrogen) atoms. The summed E-state index contributed by atoms with van der Waals surface area (Å²) in [6.45, 7) is 8.58. The minimum Gasteiger partial charge on any atom is -0.497 e. The fourth-order valence-corrected chi connectivity index (χ4v) is 2.87. The second-order valence-electron chi connectivity index (χ2n) is 5.97. The molecule has 6 heteroatoms. The molecular weight excluding hydrogens is 306 g/mol. The first kappa shape index (κ1) is 18.4. The molecule has 1 aromatic rings. The molecule has 2 rings (SSSR count). The van der Waals surface area contributed by atoms with Gasteiger partial charge in [0.25, 0.3) is 0 Å². The Balaban J connectivity index is 1.73. The average Bonchev–Trinajstić information content (AvgIpc) is 2.61. The zero-order chi connectivity index (χ0) is 17.4. The lowest BCUT2D eigenvalue weighted by atomic mass is 10.0. The van der Waals surface area contributed by atoms with Crippen LogP contribution in [-0.2, 0) is 6.42 Å². The number of ether oxygens (including phenoxy) is 2. The molecule has 1 aliphatic heterocycles. The molecule has 0 unspecified atom stereocenters. The fraction of sp³-hybridized carbons (Fsp3) is 0.611. The number of nitrogens with one attached hydrogen (secondary N) is 2. The van der Waals surface area contributed by atoms with Gasteiger partial charge in [0.1, 0.15) is 18.1 Å². The quantitative estimate of drug-likeness (QED) is 0.714. The second kappa shape index (κ2) is 9.37. The summed E-state index contributed by atoms with van der Waals surface area (Å²) >= 11 is 0. The number of carbonyl (C=O) groups is 1. The van der Waals surface area contributed by atoms with E-state index in [1.54, 1.807) is 7.11 Å². The van der Waals surface area contributed by atoms with Crippen molar-refractivity contribution >= 4 is 6.03 Å². The van der Waals surface area contributed by atoms with Crippen LogP contribution in [-0.4, -0.2) is 56.9 Å². The number of nitrogens with zero attached hydrogens (tertiary/aromatic N) is 1. The summed E-state index contributed by atoms with van der Waals surface area (Å²) in [6.07, 6.45) is 1.70. The fourth-order valence-electron chi connectivity index (χ4n) is 2.87. The molecule has 0 aliphatic carbocycles. The zero-order valence-electron chi connectivity index (χ0n) is 14.9. The van der Waals surface area contributed by atoms with Gasteiger partial charge in [0.05, 0.1) is 13.2 Å². The van der Waals surface area contributed by atoms with Crippen molar-refractivity contribution in [2.45, 2.75) is 32.7 Å². The smallest absolute Gasteiger partial charge is 0.315 e. The second-order valence-corrected chi connectivity index (χ2v) is 5.97. The molecule has 1 atom stereocenters. The topological polar surface area (TPSA) is 62.8 Å². The van der Waals surface area contributed by atoms with E-state index >= 15 is 0 Å². The molecule has 2 N–H and O–H groups in total. The Morgan fingerprint density at radius 2 is 2.17 bits per heavy atom. The Bertz CT molecular complexity index is 532. The Hall–Kier alpha value is -1.95. The molecule has 0 saturated heterocycles. The highest BCUT2D eigenvalue weighted by Crippen LogP contribution is 2.28. The number of hydrogen-bond acceptors (Lipinski definition) is 4. The summed E-state index contributed by atoms with van der Waals surface area (Å²) < 4.78 is 11.0. The van der Waals surface area contributed by atoms with E-state index in [-0.39, 0.29) is 12.1 Å². The van der Waals surface area contributed by atoms with Gasteiger partial charge in [-0.1, -0.05) is 13.8 Å². The van der Waals surface area contributed by atoms with Crippen LogP contribution in [0.3, 0.4) is 0 Å². The first-order chi connectivity index (χ1) is 11.7. The van der Waals surface area contributed by atoms with Crippen molar-refractivity contribution in [3.8, 4) is 11.5 Å². The molecule has 134 valence electrons. The molecule has 0 saturated carbocycles. The van der Waals surface area contributed by atoms with Gasteiger partial charge in [-0.05, 0) is 56.2 Å². The van der Waals surface area contributed by atoms with E-state index in [0.29, 0.717) is 13.2 Å². The molecule has 1 aromatic carbocycles. The first-order valence-corrected chi connectivity index (χ1v) is 8.72. The van der Waals surface area contributed by atoms with Crippen LogP contribution < -0.4 is 20.1 Å². The van der Waals surface area contributed by atoms with Crippen molar-refractivity contribution in [3.05, 3.63) is 23.8 Å². The monoisotopic (exact) mass is 335 g/mol. The number of rotatable bonds is 8. The number of carbonyl (C=O) groups excluding carboxylic acids is 1. The maximum atomic E-state index is 12.0. The van der Waals surface area contributed by atoms with Crippen LogP contribution in [0, 0.1) is 0 Å². The standard InChI is InChI=1S/C18H29N3O3/c1-4-21(5-2)10-6-9-19-18(22)20-15-11-14-12-16(23-3)7-8-17(14)24-13-15/h7-8,12,15H,4-6,9-11,13H2,1-3H3,(H2,19,20,22)/t15-/m1/s1.